The first-order valence-corrected chi connectivity index (χ1v) is 9.38. The molecule has 0 aromatic heterocycles. The van der Waals surface area contributed by atoms with Gasteiger partial charge in [0.1, 0.15) is 0 Å². The minimum absolute atomic E-state index is 0.102. The van der Waals surface area contributed by atoms with Gasteiger partial charge in [-0.2, -0.15) is 0 Å². The van der Waals surface area contributed by atoms with Crippen molar-refractivity contribution in [2.75, 3.05) is 24.2 Å². The highest BCUT2D eigenvalue weighted by molar-refractivity contribution is 14.1. The molecule has 2 saturated carbocycles. The summed E-state index contributed by atoms with van der Waals surface area (Å²) < 4.78 is 13.2. The maximum absolute atomic E-state index is 6.44. The number of hydrogen-bond acceptors (Lipinski definition) is 2. The Morgan fingerprint density at radius 1 is 1.11 bits per heavy atom. The molecule has 3 unspecified atom stereocenters. The van der Waals surface area contributed by atoms with Crippen molar-refractivity contribution in [1.82, 2.24) is 0 Å². The summed E-state index contributed by atoms with van der Waals surface area (Å²) in [6.07, 6.45) is 6.52. The molecule has 0 aromatic carbocycles. The zero-order valence-corrected chi connectivity index (χ0v) is 14.9. The van der Waals surface area contributed by atoms with Crippen molar-refractivity contribution in [3.8, 4) is 0 Å². The molecular weight excluding hydrogens is 351 g/mol. The van der Waals surface area contributed by atoms with Gasteiger partial charge in [0.15, 0.2) is 0 Å². The second-order valence-electron chi connectivity index (χ2n) is 6.77. The van der Waals surface area contributed by atoms with Gasteiger partial charge in [-0.05, 0) is 42.9 Å². The van der Waals surface area contributed by atoms with Crippen LogP contribution < -0.4 is 0 Å². The molecule has 0 aliphatic heterocycles. The smallest absolute Gasteiger partial charge is 0.0853 e. The molecule has 2 nitrogen and oxygen atoms in total. The molecule has 2 aliphatic carbocycles. The summed E-state index contributed by atoms with van der Waals surface area (Å²) in [5.41, 5.74) is 0.436. The lowest BCUT2D eigenvalue weighted by Gasteiger charge is -2.48. The topological polar surface area (TPSA) is 18.5 Å². The molecule has 0 heterocycles. The predicted octanol–water partition coefficient (Wildman–Crippen LogP) is 4.45. The first kappa shape index (κ1) is 16.0. The van der Waals surface area contributed by atoms with Gasteiger partial charge in [0, 0.05) is 11.0 Å². The van der Waals surface area contributed by atoms with Gasteiger partial charge in [-0.3, -0.25) is 0 Å². The van der Waals surface area contributed by atoms with Gasteiger partial charge in [-0.15, -0.1) is 0 Å². The van der Waals surface area contributed by atoms with Crippen LogP contribution in [-0.2, 0) is 9.47 Å². The molecule has 0 N–H and O–H groups in total. The molecule has 0 spiro atoms. The van der Waals surface area contributed by atoms with E-state index >= 15 is 0 Å². The molecule has 19 heavy (non-hydrogen) atoms. The first-order valence-electron chi connectivity index (χ1n) is 7.86. The van der Waals surface area contributed by atoms with Crippen LogP contribution in [0.25, 0.3) is 0 Å². The van der Waals surface area contributed by atoms with Crippen LogP contribution in [0.3, 0.4) is 0 Å². The fourth-order valence-electron chi connectivity index (χ4n) is 4.19. The lowest BCUT2D eigenvalue weighted by molar-refractivity contribution is -0.145. The lowest BCUT2D eigenvalue weighted by Crippen LogP contribution is -2.53. The molecule has 3 atom stereocenters. The van der Waals surface area contributed by atoms with E-state index in [0.717, 1.165) is 42.5 Å². The molecule has 0 aromatic rings. The van der Waals surface area contributed by atoms with Gasteiger partial charge in [0.2, 0.25) is 0 Å². The summed E-state index contributed by atoms with van der Waals surface area (Å²) >= 11 is 2.54. The average molecular weight is 380 g/mol. The fourth-order valence-corrected chi connectivity index (χ4v) is 6.01. The minimum Gasteiger partial charge on any atom is -0.379 e. The number of unbranched alkanes of at least 4 members (excludes halogenated alkanes) is 1. The Balaban J connectivity index is 1.85. The van der Waals surface area contributed by atoms with E-state index in [1.807, 2.05) is 0 Å². The van der Waals surface area contributed by atoms with Crippen LogP contribution >= 0.6 is 22.6 Å². The van der Waals surface area contributed by atoms with Crippen LogP contribution in [0, 0.1) is 17.3 Å². The number of rotatable bonds is 8. The van der Waals surface area contributed by atoms with Crippen LogP contribution in [0.2, 0.25) is 0 Å². The second-order valence-corrected chi connectivity index (χ2v) is 7.53. The maximum Gasteiger partial charge on any atom is 0.0853 e. The quantitative estimate of drug-likeness (QED) is 0.352. The fraction of sp³-hybridized carbons (Fsp3) is 1.00. The van der Waals surface area contributed by atoms with Crippen LogP contribution in [0.5, 0.6) is 0 Å². The highest BCUT2D eigenvalue weighted by Crippen LogP contribution is 2.63. The third-order valence-corrected chi connectivity index (χ3v) is 6.76. The van der Waals surface area contributed by atoms with Gasteiger partial charge in [-0.25, -0.2) is 0 Å². The van der Waals surface area contributed by atoms with Crippen molar-refractivity contribution in [3.63, 3.8) is 0 Å². The van der Waals surface area contributed by atoms with Gasteiger partial charge < -0.3 is 9.47 Å². The van der Waals surface area contributed by atoms with Crippen LogP contribution in [0.15, 0.2) is 0 Å². The van der Waals surface area contributed by atoms with Gasteiger partial charge in [0.05, 0.1) is 18.8 Å². The number of hydrogen-bond donors (Lipinski definition) is 0. The molecule has 3 heteroatoms. The Morgan fingerprint density at radius 2 is 1.84 bits per heavy atom. The molecule has 2 aliphatic rings. The third kappa shape index (κ3) is 2.84. The van der Waals surface area contributed by atoms with E-state index in [-0.39, 0.29) is 5.60 Å². The van der Waals surface area contributed by atoms with Crippen LogP contribution in [0.4, 0.5) is 0 Å². The normalized spacial score (nSPS) is 36.0. The first-order chi connectivity index (χ1) is 9.08. The Kier molecular flexibility index (Phi) is 5.58. The van der Waals surface area contributed by atoms with Crippen LogP contribution in [-0.4, -0.2) is 29.8 Å². The number of ether oxygens (including phenoxy) is 2. The van der Waals surface area contributed by atoms with E-state index in [4.69, 9.17) is 9.47 Å². The standard InChI is InChI=1S/C16H29IO2/c1-4-5-8-18-9-10-19-16(12-17)14-7-6-13(11-14)15(16,2)3/h13-14H,4-12H2,1-3H3. The zero-order chi connectivity index (χ0) is 13.9. The van der Waals surface area contributed by atoms with Gasteiger partial charge in [0.25, 0.3) is 0 Å². The second kappa shape index (κ2) is 6.61. The van der Waals surface area contributed by atoms with Crippen molar-refractivity contribution in [3.05, 3.63) is 0 Å². The van der Waals surface area contributed by atoms with E-state index in [1.54, 1.807) is 0 Å². The molecule has 2 fully saturated rings. The number of halogens is 1. The van der Waals surface area contributed by atoms with Crippen LogP contribution in [0.1, 0.15) is 52.9 Å². The summed E-state index contributed by atoms with van der Waals surface area (Å²) in [5.74, 6) is 1.65. The summed E-state index contributed by atoms with van der Waals surface area (Å²) in [7, 11) is 0. The lowest BCUT2D eigenvalue weighted by atomic mass is 9.66. The minimum atomic E-state index is 0.102. The van der Waals surface area contributed by atoms with Gasteiger partial charge in [-0.1, -0.05) is 49.8 Å². The number of fused-ring (bicyclic) bond motifs is 2. The van der Waals surface area contributed by atoms with E-state index in [9.17, 15) is 0 Å². The molecular formula is C16H29IO2. The highest BCUT2D eigenvalue weighted by atomic mass is 127. The van der Waals surface area contributed by atoms with E-state index < -0.39 is 0 Å². The third-order valence-electron chi connectivity index (χ3n) is 5.63. The zero-order valence-electron chi connectivity index (χ0n) is 12.7. The van der Waals surface area contributed by atoms with Crippen molar-refractivity contribution in [2.24, 2.45) is 17.3 Å². The van der Waals surface area contributed by atoms with E-state index in [0.29, 0.717) is 5.41 Å². The molecule has 0 amide bonds. The Hall–Kier alpha value is 0.650. The molecule has 112 valence electrons. The molecule has 0 saturated heterocycles. The van der Waals surface area contributed by atoms with E-state index in [2.05, 4.69) is 43.4 Å². The molecule has 2 rings (SSSR count). The van der Waals surface area contributed by atoms with Crippen molar-refractivity contribution < 1.29 is 9.47 Å². The van der Waals surface area contributed by atoms with Crippen molar-refractivity contribution in [2.45, 2.75) is 58.5 Å². The molecule has 0 radical (unpaired) electrons. The summed E-state index contributed by atoms with van der Waals surface area (Å²) in [5, 5.41) is 0. The van der Waals surface area contributed by atoms with Crippen molar-refractivity contribution >= 4 is 22.6 Å². The Bertz CT molecular complexity index is 292. The summed E-state index contributed by atoms with van der Waals surface area (Å²) in [6, 6.07) is 0. The van der Waals surface area contributed by atoms with Crippen molar-refractivity contribution in [1.29, 1.82) is 0 Å². The summed E-state index contributed by atoms with van der Waals surface area (Å²) in [6.45, 7) is 9.45. The monoisotopic (exact) mass is 380 g/mol. The SMILES string of the molecule is CCCCOCCOC1(CI)C2CCC(C2)C1(C)C. The summed E-state index contributed by atoms with van der Waals surface area (Å²) in [4.78, 5) is 0. The molecule has 2 bridgehead atoms. The highest BCUT2D eigenvalue weighted by Gasteiger charge is 2.63. The Labute approximate surface area is 132 Å². The van der Waals surface area contributed by atoms with Gasteiger partial charge >= 0.3 is 0 Å². The average Bonchev–Trinajstić information content (AvgIpc) is 2.94. The maximum atomic E-state index is 6.44. The predicted molar refractivity (Wildman–Crippen MR) is 87.9 cm³/mol. The number of alkyl halides is 1. The van der Waals surface area contributed by atoms with E-state index in [1.165, 1.54) is 25.7 Å². The Morgan fingerprint density at radius 3 is 2.42 bits per heavy atom. The largest absolute Gasteiger partial charge is 0.379 e.